The summed E-state index contributed by atoms with van der Waals surface area (Å²) in [5.74, 6) is 0.931. The lowest BCUT2D eigenvalue weighted by Crippen LogP contribution is -2.35. The number of rotatable bonds is 4. The minimum Gasteiger partial charge on any atom is -0.363 e. The topological polar surface area (TPSA) is 52.6 Å². The van der Waals surface area contributed by atoms with E-state index in [1.54, 1.807) is 17.5 Å². The first-order valence-electron chi connectivity index (χ1n) is 8.15. The van der Waals surface area contributed by atoms with Crippen LogP contribution < -0.4 is 4.90 Å². The van der Waals surface area contributed by atoms with E-state index in [4.69, 9.17) is 0 Å². The molecule has 1 aliphatic rings. The molecule has 0 radical (unpaired) electrons. The maximum atomic E-state index is 12.7. The molecule has 7 heteroatoms. The first-order valence-corrected chi connectivity index (χ1v) is 9.10. The van der Waals surface area contributed by atoms with E-state index in [1.807, 2.05) is 41.5 Å². The van der Waals surface area contributed by atoms with Crippen LogP contribution in [0.15, 0.2) is 29.2 Å². The quantitative estimate of drug-likeness (QED) is 0.848. The number of amides is 1. The van der Waals surface area contributed by atoms with Gasteiger partial charge >= 0.3 is 0 Å². The lowest BCUT2D eigenvalue weighted by atomic mass is 10.2. The summed E-state index contributed by atoms with van der Waals surface area (Å²) < 4.78 is 0. The van der Waals surface area contributed by atoms with Crippen molar-refractivity contribution in [3.05, 3.63) is 40.5 Å². The Morgan fingerprint density at radius 2 is 2.08 bits per heavy atom. The fourth-order valence-electron chi connectivity index (χ4n) is 2.84. The highest BCUT2D eigenvalue weighted by molar-refractivity contribution is 7.07. The van der Waals surface area contributed by atoms with Gasteiger partial charge in [-0.25, -0.2) is 9.97 Å². The predicted octanol–water partition coefficient (Wildman–Crippen LogP) is 1.95. The molecule has 0 aliphatic carbocycles. The van der Waals surface area contributed by atoms with E-state index < -0.39 is 0 Å². The Hall–Kier alpha value is -1.99. The summed E-state index contributed by atoms with van der Waals surface area (Å²) in [5, 5.41) is 2.09. The summed E-state index contributed by atoms with van der Waals surface area (Å²) in [7, 11) is 3.88. The van der Waals surface area contributed by atoms with E-state index in [-0.39, 0.29) is 5.91 Å². The summed E-state index contributed by atoms with van der Waals surface area (Å²) in [5.41, 5.74) is 3.64. The second kappa shape index (κ2) is 7.72. The van der Waals surface area contributed by atoms with Crippen LogP contribution in [0.2, 0.25) is 0 Å². The lowest BCUT2D eigenvalue weighted by Gasteiger charge is -2.22. The molecule has 1 saturated heterocycles. The Kier molecular flexibility index (Phi) is 5.42. The fraction of sp³-hybridized carbons (Fsp3) is 0.471. The molecular weight excluding hydrogens is 322 g/mol. The van der Waals surface area contributed by atoms with Gasteiger partial charge in [0, 0.05) is 58.4 Å². The third-order valence-electron chi connectivity index (χ3n) is 4.20. The first-order chi connectivity index (χ1) is 11.6. The number of hydrogen-bond acceptors (Lipinski definition) is 6. The summed E-state index contributed by atoms with van der Waals surface area (Å²) in [4.78, 5) is 27.6. The van der Waals surface area contributed by atoms with E-state index >= 15 is 0 Å². The van der Waals surface area contributed by atoms with Gasteiger partial charge in [-0.3, -0.25) is 9.69 Å². The molecule has 0 unspecified atom stereocenters. The van der Waals surface area contributed by atoms with Gasteiger partial charge in [-0.1, -0.05) is 0 Å². The summed E-state index contributed by atoms with van der Waals surface area (Å²) in [6.45, 7) is 4.29. The Balaban J connectivity index is 1.59. The molecule has 0 atom stereocenters. The van der Waals surface area contributed by atoms with Crippen LogP contribution in [-0.4, -0.2) is 65.9 Å². The molecule has 0 bridgehead atoms. The highest BCUT2D eigenvalue weighted by Crippen LogP contribution is 2.13. The molecule has 1 amide bonds. The molecule has 0 spiro atoms. The minimum absolute atomic E-state index is 0.0725. The van der Waals surface area contributed by atoms with Crippen LogP contribution in [0.3, 0.4) is 0 Å². The average molecular weight is 345 g/mol. The summed E-state index contributed by atoms with van der Waals surface area (Å²) in [6, 6.07) is 3.75. The van der Waals surface area contributed by atoms with E-state index in [1.165, 1.54) is 0 Å². The predicted molar refractivity (Wildman–Crippen MR) is 96.5 cm³/mol. The van der Waals surface area contributed by atoms with E-state index in [9.17, 15) is 4.79 Å². The highest BCUT2D eigenvalue weighted by Gasteiger charge is 2.21. The maximum Gasteiger partial charge on any atom is 0.255 e. The SMILES string of the molecule is CN(C)c1ccc(C(=O)N2CCCN(Cc3cscn3)CC2)cn1. The van der Waals surface area contributed by atoms with Crippen LogP contribution >= 0.6 is 11.3 Å². The molecule has 1 aliphatic heterocycles. The minimum atomic E-state index is 0.0725. The number of nitrogens with zero attached hydrogens (tertiary/aromatic N) is 5. The van der Waals surface area contributed by atoms with Crippen molar-refractivity contribution in [1.82, 2.24) is 19.8 Å². The van der Waals surface area contributed by atoms with Crippen molar-refractivity contribution in [3.63, 3.8) is 0 Å². The molecule has 2 aromatic rings. The van der Waals surface area contributed by atoms with E-state index in [0.717, 1.165) is 50.7 Å². The number of thiazole rings is 1. The van der Waals surface area contributed by atoms with Crippen LogP contribution in [0.4, 0.5) is 5.82 Å². The van der Waals surface area contributed by atoms with Crippen molar-refractivity contribution in [3.8, 4) is 0 Å². The van der Waals surface area contributed by atoms with Crippen LogP contribution in [0, 0.1) is 0 Å². The number of carbonyl (C=O) groups is 1. The normalized spacial score (nSPS) is 16.0. The average Bonchev–Trinajstić information content (AvgIpc) is 2.99. The Labute approximate surface area is 146 Å². The molecule has 128 valence electrons. The van der Waals surface area contributed by atoms with Crippen molar-refractivity contribution in [2.24, 2.45) is 0 Å². The maximum absolute atomic E-state index is 12.7. The van der Waals surface area contributed by atoms with Gasteiger partial charge in [-0.05, 0) is 18.6 Å². The largest absolute Gasteiger partial charge is 0.363 e. The van der Waals surface area contributed by atoms with E-state index in [2.05, 4.69) is 20.2 Å². The lowest BCUT2D eigenvalue weighted by molar-refractivity contribution is 0.0760. The van der Waals surface area contributed by atoms with Crippen molar-refractivity contribution >= 4 is 23.1 Å². The highest BCUT2D eigenvalue weighted by atomic mass is 32.1. The number of carbonyl (C=O) groups excluding carboxylic acids is 1. The standard InChI is InChI=1S/C17H23N5OS/c1-20(2)16-5-4-14(10-18-16)17(23)22-7-3-6-21(8-9-22)11-15-12-24-13-19-15/h4-5,10,12-13H,3,6-9,11H2,1-2H3. The third kappa shape index (κ3) is 4.10. The second-order valence-corrected chi connectivity index (χ2v) is 6.92. The number of pyridine rings is 1. The van der Waals surface area contributed by atoms with Crippen molar-refractivity contribution in [1.29, 1.82) is 0 Å². The molecule has 0 saturated carbocycles. The molecule has 6 nitrogen and oxygen atoms in total. The van der Waals surface area contributed by atoms with Gasteiger partial charge in [0.25, 0.3) is 5.91 Å². The fourth-order valence-corrected chi connectivity index (χ4v) is 3.39. The Morgan fingerprint density at radius 3 is 2.75 bits per heavy atom. The van der Waals surface area contributed by atoms with Crippen LogP contribution in [-0.2, 0) is 6.54 Å². The summed E-state index contributed by atoms with van der Waals surface area (Å²) >= 11 is 1.63. The van der Waals surface area contributed by atoms with Gasteiger partial charge in [-0.2, -0.15) is 0 Å². The first kappa shape index (κ1) is 16.9. The Bertz CT molecular complexity index is 656. The third-order valence-corrected chi connectivity index (χ3v) is 4.83. The Morgan fingerprint density at radius 1 is 1.21 bits per heavy atom. The van der Waals surface area contributed by atoms with Gasteiger partial charge in [0.15, 0.2) is 0 Å². The number of aromatic nitrogens is 2. The zero-order valence-corrected chi connectivity index (χ0v) is 15.0. The molecule has 24 heavy (non-hydrogen) atoms. The van der Waals surface area contributed by atoms with Crippen LogP contribution in [0.25, 0.3) is 0 Å². The molecule has 3 rings (SSSR count). The number of hydrogen-bond donors (Lipinski definition) is 0. The number of anilines is 1. The molecule has 3 heterocycles. The van der Waals surface area contributed by atoms with E-state index in [0.29, 0.717) is 5.56 Å². The van der Waals surface area contributed by atoms with Gasteiger partial charge in [-0.15, -0.1) is 11.3 Å². The smallest absolute Gasteiger partial charge is 0.255 e. The van der Waals surface area contributed by atoms with Crippen LogP contribution in [0.5, 0.6) is 0 Å². The van der Waals surface area contributed by atoms with Crippen LogP contribution in [0.1, 0.15) is 22.5 Å². The van der Waals surface area contributed by atoms with Crippen molar-refractivity contribution in [2.75, 3.05) is 45.2 Å². The molecule has 0 N–H and O–H groups in total. The molecule has 2 aromatic heterocycles. The summed E-state index contributed by atoms with van der Waals surface area (Å²) in [6.07, 6.45) is 2.66. The van der Waals surface area contributed by atoms with Crippen molar-refractivity contribution in [2.45, 2.75) is 13.0 Å². The molecular formula is C17H23N5OS. The van der Waals surface area contributed by atoms with Gasteiger partial charge in [0.05, 0.1) is 16.8 Å². The van der Waals surface area contributed by atoms with Gasteiger partial charge in [0.2, 0.25) is 0 Å². The van der Waals surface area contributed by atoms with Gasteiger partial charge in [0.1, 0.15) is 5.82 Å². The zero-order valence-electron chi connectivity index (χ0n) is 14.2. The molecule has 0 aromatic carbocycles. The monoisotopic (exact) mass is 345 g/mol. The second-order valence-electron chi connectivity index (χ2n) is 6.20. The zero-order chi connectivity index (χ0) is 16.9. The van der Waals surface area contributed by atoms with Crippen molar-refractivity contribution < 1.29 is 4.79 Å². The van der Waals surface area contributed by atoms with Gasteiger partial charge < -0.3 is 9.80 Å². The molecule has 1 fully saturated rings.